The van der Waals surface area contributed by atoms with Crippen molar-refractivity contribution < 1.29 is 137 Å². The Balaban J connectivity index is 0.00000831. The number of carbonyl (C=O) groups is 11. The summed E-state index contributed by atoms with van der Waals surface area (Å²) < 4.78 is 85.8. The Labute approximate surface area is 493 Å². The molecule has 0 bridgehead atoms. The first-order valence-electron chi connectivity index (χ1n) is 20.8. The van der Waals surface area contributed by atoms with Crippen molar-refractivity contribution in [2.75, 3.05) is 19.8 Å². The Bertz CT molecular complexity index is 1900. The Morgan fingerprint density at radius 2 is 0.630 bits per heavy atom. The molecule has 15 atom stereocenters. The zero-order chi connectivity index (χ0) is 55.2. The molecular formula is C40H55I6O26S-. The van der Waals surface area contributed by atoms with Crippen LogP contribution in [0.4, 0.5) is 0 Å². The van der Waals surface area contributed by atoms with E-state index in [1.807, 2.05) is 0 Å². The standard InChI is InChI=1S/C40H54O26S.I3.I2.HI/c1-15(41)52-12-26-29(55-18(4)44)32(56-19(5)45)35(59-22(8)48)38(62-26)65-30-27(13-53-16(2)42)63-39(36(60-23(9)49)33(30)57-20(6)46)66-31-28(14-54-17(3)43)64-40(67-25(11)51)37(61-24(10)50)34(31)58-21(7)47;1-3-2;1-2;/h26-40H,12-14H2,1-11H3;;;1H/q;-1;;/t26?,27?,28?,29-,30-,31-,32+,33+,34+,35?,36?,37?,38-,39-,40-;;;/m1.../s1. The average molecular weight is 1750 g/mol. The van der Waals surface area contributed by atoms with Gasteiger partial charge in [-0.25, -0.2) is 0 Å². The molecule has 420 valence electrons. The molecule has 0 radical (unpaired) electrons. The first-order valence-corrected chi connectivity index (χ1v) is 40.5. The first-order chi connectivity index (χ1) is 33.7. The maximum absolute atomic E-state index is 13.0. The molecule has 3 aliphatic heterocycles. The fraction of sp³-hybridized carbons (Fsp3) is 0.725. The van der Waals surface area contributed by atoms with E-state index in [2.05, 4.69) is 74.5 Å². The molecule has 0 aromatic rings. The summed E-state index contributed by atoms with van der Waals surface area (Å²) in [4.78, 5) is 137. The maximum atomic E-state index is 13.0. The molecule has 3 rings (SSSR count). The topological polar surface area (TPSA) is 326 Å². The van der Waals surface area contributed by atoms with Crippen molar-refractivity contribution in [3.63, 3.8) is 0 Å². The van der Waals surface area contributed by atoms with Gasteiger partial charge in [-0.15, -0.1) is 24.0 Å². The van der Waals surface area contributed by atoms with Crippen LogP contribution in [0.15, 0.2) is 0 Å². The second kappa shape index (κ2) is 36.9. The van der Waals surface area contributed by atoms with Gasteiger partial charge in [0.15, 0.2) is 65.9 Å². The second-order valence-corrected chi connectivity index (χ2v) is 32.4. The molecule has 3 aliphatic rings. The molecule has 6 unspecified atom stereocenters. The molecule has 26 nitrogen and oxygen atoms in total. The molecule has 33 heteroatoms. The Hall–Kier alpha value is -1.10. The summed E-state index contributed by atoms with van der Waals surface area (Å²) in [5, 5.41) is -0.542. The van der Waals surface area contributed by atoms with Crippen LogP contribution in [-0.2, 0) is 124 Å². The number of carbonyl (C=O) groups excluding carboxylic acids is 11. The second-order valence-electron chi connectivity index (χ2n) is 14.9. The predicted octanol–water partition coefficient (Wildman–Crippen LogP) is 0.587. The van der Waals surface area contributed by atoms with Gasteiger partial charge in [0, 0.05) is 113 Å². The van der Waals surface area contributed by atoms with E-state index in [9.17, 15) is 52.7 Å². The van der Waals surface area contributed by atoms with Crippen LogP contribution in [0.5, 0.6) is 0 Å². The molecule has 0 saturated carbocycles. The van der Waals surface area contributed by atoms with E-state index in [1.54, 1.807) is 0 Å². The van der Waals surface area contributed by atoms with Gasteiger partial charge in [0.25, 0.3) is 0 Å². The minimum atomic E-state index is -2.02. The van der Waals surface area contributed by atoms with Gasteiger partial charge in [0.05, 0.1) is 0 Å². The van der Waals surface area contributed by atoms with Crippen LogP contribution in [-0.4, -0.2) is 176 Å². The number of ether oxygens (including phenoxy) is 15. The summed E-state index contributed by atoms with van der Waals surface area (Å²) >= 11 is 10.1. The van der Waals surface area contributed by atoms with Crippen LogP contribution in [0, 0.1) is 0 Å². The number of rotatable bonds is 18. The summed E-state index contributed by atoms with van der Waals surface area (Å²) in [6.45, 7) is 8.97. The van der Waals surface area contributed by atoms with Gasteiger partial charge in [-0.2, -0.15) is 0 Å². The molecular weight excluding hydrogens is 1690 g/mol. The summed E-state index contributed by atoms with van der Waals surface area (Å²) in [5.41, 5.74) is -1.41. The fourth-order valence-electron chi connectivity index (χ4n) is 7.01. The molecule has 0 aromatic carbocycles. The van der Waals surface area contributed by atoms with Crippen LogP contribution >= 0.6 is 110 Å². The Kier molecular flexibility index (Phi) is 36.3. The third kappa shape index (κ3) is 25.9. The van der Waals surface area contributed by atoms with Crippen LogP contribution in [0.1, 0.15) is 76.2 Å². The van der Waals surface area contributed by atoms with Crippen LogP contribution in [0.2, 0.25) is 0 Å². The summed E-state index contributed by atoms with van der Waals surface area (Å²) in [7, 11) is 0. The number of thioether (sulfide) groups is 1. The first kappa shape index (κ1) is 71.9. The van der Waals surface area contributed by atoms with Gasteiger partial charge in [0.2, 0.25) is 0 Å². The quantitative estimate of drug-likeness (QED) is 0.103. The van der Waals surface area contributed by atoms with Crippen LogP contribution < -0.4 is 13.3 Å². The molecule has 0 amide bonds. The molecule has 3 fully saturated rings. The summed E-state index contributed by atoms with van der Waals surface area (Å²) in [5.74, 6) is -9.51. The number of hydrogen-bond donors (Lipinski definition) is 0. The van der Waals surface area contributed by atoms with E-state index in [0.29, 0.717) is 25.0 Å². The molecule has 3 saturated heterocycles. The van der Waals surface area contributed by atoms with Crippen molar-refractivity contribution in [1.82, 2.24) is 0 Å². The van der Waals surface area contributed by atoms with E-state index < -0.39 is 176 Å². The Morgan fingerprint density at radius 1 is 0.384 bits per heavy atom. The SMILES string of the molecule is CC(=O)OCC1O[C@H](O[C@@H]2C(COC(C)=O)O[C@H](O[C@@H]3C(COC(C)=O)O[C@H](SC(C)=O)C(OC(C)=O)[C@H]3OC(C)=O)C(OC(C)=O)[C@H]2OC(C)=O)C(OC(C)=O)[C@@H](OC(C)=O)[C@@H]1OC(C)=O.I.II.I[I-]I. The minimum absolute atomic E-state index is 0. The van der Waals surface area contributed by atoms with Crippen molar-refractivity contribution in [2.24, 2.45) is 0 Å². The van der Waals surface area contributed by atoms with Crippen molar-refractivity contribution in [1.29, 1.82) is 0 Å². The van der Waals surface area contributed by atoms with E-state index >= 15 is 0 Å². The van der Waals surface area contributed by atoms with Crippen LogP contribution in [0.3, 0.4) is 0 Å². The van der Waals surface area contributed by atoms with Gasteiger partial charge < -0.3 is 71.1 Å². The van der Waals surface area contributed by atoms with Crippen molar-refractivity contribution in [3.05, 3.63) is 0 Å². The number of halogens is 6. The van der Waals surface area contributed by atoms with Gasteiger partial charge >= 0.3 is 110 Å². The van der Waals surface area contributed by atoms with Gasteiger partial charge in [-0.05, 0) is 0 Å². The monoisotopic (exact) mass is 1740 g/mol. The van der Waals surface area contributed by atoms with Gasteiger partial charge in [0.1, 0.15) is 50.3 Å². The molecule has 0 N–H and O–H groups in total. The fourth-order valence-corrected chi connectivity index (χ4v) is 7.88. The van der Waals surface area contributed by atoms with Gasteiger partial charge in [-0.1, -0.05) is 11.8 Å². The number of esters is 10. The van der Waals surface area contributed by atoms with Crippen LogP contribution in [0.25, 0.3) is 0 Å². The van der Waals surface area contributed by atoms with Crippen molar-refractivity contribution in [3.8, 4) is 0 Å². The molecule has 0 spiro atoms. The average Bonchev–Trinajstić information content (AvgIpc) is 3.24. The Morgan fingerprint density at radius 3 is 0.932 bits per heavy atom. The van der Waals surface area contributed by atoms with E-state index in [0.717, 1.165) is 69.2 Å². The normalized spacial score (nSPS) is 29.1. The van der Waals surface area contributed by atoms with E-state index in [1.165, 1.54) is 6.92 Å². The third-order valence-corrected chi connectivity index (χ3v) is 10.0. The predicted molar refractivity (Wildman–Crippen MR) is 284 cm³/mol. The summed E-state index contributed by atoms with van der Waals surface area (Å²) in [6.07, 6.45) is -24.9. The molecule has 73 heavy (non-hydrogen) atoms. The zero-order valence-electron chi connectivity index (χ0n) is 40.6. The van der Waals surface area contributed by atoms with Crippen molar-refractivity contribution in [2.45, 2.75) is 167 Å². The van der Waals surface area contributed by atoms with Gasteiger partial charge in [-0.3, -0.25) is 52.7 Å². The van der Waals surface area contributed by atoms with E-state index in [4.69, 9.17) is 71.1 Å². The number of hydrogen-bond acceptors (Lipinski definition) is 27. The molecule has 0 aliphatic carbocycles. The molecule has 0 aromatic heterocycles. The zero-order valence-corrected chi connectivity index (χ0v) is 54.5. The van der Waals surface area contributed by atoms with Crippen molar-refractivity contribution >= 4 is 175 Å². The summed E-state index contributed by atoms with van der Waals surface area (Å²) in [6, 6.07) is 0. The van der Waals surface area contributed by atoms with E-state index in [-0.39, 0.29) is 24.0 Å². The third-order valence-electron chi connectivity index (χ3n) is 9.11. The molecule has 3 heterocycles.